The van der Waals surface area contributed by atoms with Crippen molar-refractivity contribution in [3.8, 4) is 0 Å². The number of Topliss-reactive ketones (excluding diaryl/α,β-unsaturated/α-hetero) is 1. The van der Waals surface area contributed by atoms with Gasteiger partial charge >= 0.3 is 0 Å². The van der Waals surface area contributed by atoms with Crippen molar-refractivity contribution in [1.82, 2.24) is 5.32 Å². The number of carbonyl (C=O) groups excluding carboxylic acids is 3. The topological polar surface area (TPSA) is 63.2 Å². The summed E-state index contributed by atoms with van der Waals surface area (Å²) in [5.41, 5.74) is 2.40. The van der Waals surface area contributed by atoms with Gasteiger partial charge < -0.3 is 5.32 Å². The summed E-state index contributed by atoms with van der Waals surface area (Å²) in [5, 5.41) is 3.36. The SMILES string of the molecule is CC1(C)C(=O)CCC23C1CCC21C2CCC4(C(=O)NCCc5cccc(C=O)c5)CCCC4C2CCC13. The Morgan fingerprint density at radius 2 is 1.84 bits per heavy atom. The van der Waals surface area contributed by atoms with Gasteiger partial charge in [0.1, 0.15) is 12.1 Å². The lowest BCUT2D eigenvalue weighted by atomic mass is 9.52. The predicted octanol–water partition coefficient (Wildman–Crippen LogP) is 6.17. The molecule has 6 aliphatic rings. The summed E-state index contributed by atoms with van der Waals surface area (Å²) in [4.78, 5) is 37.9. The zero-order valence-electron chi connectivity index (χ0n) is 22.7. The molecule has 0 radical (unpaired) electrons. The molecule has 4 heteroatoms. The van der Waals surface area contributed by atoms with Crippen LogP contribution in [0.15, 0.2) is 24.3 Å². The van der Waals surface area contributed by atoms with Crippen molar-refractivity contribution in [1.29, 1.82) is 0 Å². The first-order valence-electron chi connectivity index (χ1n) is 15.2. The number of fused-ring (bicyclic) bond motifs is 3. The molecule has 6 fully saturated rings. The van der Waals surface area contributed by atoms with E-state index in [0.717, 1.165) is 55.8 Å². The maximum absolute atomic E-state index is 13.9. The minimum Gasteiger partial charge on any atom is -0.355 e. The Bertz CT molecular complexity index is 1160. The molecular weight excluding hydrogens is 458 g/mol. The van der Waals surface area contributed by atoms with E-state index in [-0.39, 0.29) is 10.8 Å². The molecule has 0 aromatic heterocycles. The highest BCUT2D eigenvalue weighted by atomic mass is 16.2. The number of amides is 1. The highest BCUT2D eigenvalue weighted by molar-refractivity contribution is 5.86. The van der Waals surface area contributed by atoms with Crippen LogP contribution < -0.4 is 5.32 Å². The van der Waals surface area contributed by atoms with E-state index >= 15 is 0 Å². The van der Waals surface area contributed by atoms with E-state index in [1.165, 1.54) is 44.9 Å². The third-order valence-electron chi connectivity index (χ3n) is 13.3. The molecule has 6 aliphatic carbocycles. The number of benzene rings is 1. The van der Waals surface area contributed by atoms with Gasteiger partial charge in [-0.3, -0.25) is 14.4 Å². The second-order valence-corrected chi connectivity index (χ2v) is 14.3. The highest BCUT2D eigenvalue weighted by Crippen LogP contribution is 2.91. The summed E-state index contributed by atoms with van der Waals surface area (Å²) in [6.45, 7) is 5.15. The lowest BCUT2D eigenvalue weighted by Gasteiger charge is -2.52. The van der Waals surface area contributed by atoms with Crippen LogP contribution in [-0.4, -0.2) is 24.5 Å². The quantitative estimate of drug-likeness (QED) is 0.491. The second kappa shape index (κ2) is 8.02. The van der Waals surface area contributed by atoms with E-state index < -0.39 is 0 Å². The first-order chi connectivity index (χ1) is 17.8. The van der Waals surface area contributed by atoms with Crippen molar-refractivity contribution in [3.05, 3.63) is 35.4 Å². The smallest absolute Gasteiger partial charge is 0.226 e. The molecule has 4 nitrogen and oxygen atoms in total. The molecular formula is C33H43NO3. The summed E-state index contributed by atoms with van der Waals surface area (Å²) >= 11 is 0. The minimum absolute atomic E-state index is 0.147. The van der Waals surface area contributed by atoms with Crippen LogP contribution in [0.4, 0.5) is 0 Å². The van der Waals surface area contributed by atoms with Crippen molar-refractivity contribution < 1.29 is 14.4 Å². The number of ketones is 1. The molecule has 7 rings (SSSR count). The Morgan fingerprint density at radius 1 is 0.973 bits per heavy atom. The third-order valence-corrected chi connectivity index (χ3v) is 13.3. The molecule has 1 amide bonds. The van der Waals surface area contributed by atoms with Crippen molar-refractivity contribution in [2.75, 3.05) is 6.54 Å². The zero-order chi connectivity index (χ0) is 25.6. The fourth-order valence-corrected chi connectivity index (χ4v) is 12.1. The maximum Gasteiger partial charge on any atom is 0.226 e. The number of nitrogens with one attached hydrogen (secondary N) is 1. The van der Waals surface area contributed by atoms with Crippen LogP contribution in [0.3, 0.4) is 0 Å². The molecule has 8 atom stereocenters. The molecule has 0 aliphatic heterocycles. The number of aldehydes is 1. The predicted molar refractivity (Wildman–Crippen MR) is 143 cm³/mol. The van der Waals surface area contributed by atoms with Gasteiger partial charge in [0, 0.05) is 23.9 Å². The summed E-state index contributed by atoms with van der Waals surface area (Å²) in [5.74, 6) is 4.25. The Morgan fingerprint density at radius 3 is 2.68 bits per heavy atom. The lowest BCUT2D eigenvalue weighted by molar-refractivity contribution is -0.142. The fourth-order valence-electron chi connectivity index (χ4n) is 12.1. The molecule has 1 aromatic carbocycles. The summed E-state index contributed by atoms with van der Waals surface area (Å²) in [6.07, 6.45) is 14.6. The molecule has 0 bridgehead atoms. The third kappa shape index (κ3) is 2.94. The number of rotatable bonds is 5. The molecule has 8 unspecified atom stereocenters. The van der Waals surface area contributed by atoms with E-state index in [9.17, 15) is 14.4 Å². The normalized spacial score (nSPS) is 44.6. The van der Waals surface area contributed by atoms with Gasteiger partial charge in [-0.1, -0.05) is 38.5 Å². The molecule has 37 heavy (non-hydrogen) atoms. The maximum atomic E-state index is 13.9. The van der Waals surface area contributed by atoms with Gasteiger partial charge in [0.2, 0.25) is 5.91 Å². The summed E-state index contributed by atoms with van der Waals surface area (Å²) in [7, 11) is 0. The number of hydrogen-bond acceptors (Lipinski definition) is 3. The van der Waals surface area contributed by atoms with E-state index in [0.29, 0.717) is 52.4 Å². The van der Waals surface area contributed by atoms with Crippen molar-refractivity contribution in [2.24, 2.45) is 51.2 Å². The zero-order valence-corrected chi connectivity index (χ0v) is 22.7. The van der Waals surface area contributed by atoms with Gasteiger partial charge in [-0.2, -0.15) is 0 Å². The first-order valence-corrected chi connectivity index (χ1v) is 15.2. The molecule has 1 aromatic rings. The van der Waals surface area contributed by atoms with Gasteiger partial charge in [0.15, 0.2) is 0 Å². The summed E-state index contributed by atoms with van der Waals surface area (Å²) in [6, 6.07) is 7.72. The van der Waals surface area contributed by atoms with Crippen LogP contribution in [-0.2, 0) is 16.0 Å². The van der Waals surface area contributed by atoms with Crippen molar-refractivity contribution in [2.45, 2.75) is 90.9 Å². The number of carbonyl (C=O) groups is 3. The monoisotopic (exact) mass is 501 g/mol. The van der Waals surface area contributed by atoms with Crippen molar-refractivity contribution >= 4 is 18.0 Å². The van der Waals surface area contributed by atoms with Gasteiger partial charge in [-0.15, -0.1) is 0 Å². The highest BCUT2D eigenvalue weighted by Gasteiger charge is 2.86. The second-order valence-electron chi connectivity index (χ2n) is 14.3. The van der Waals surface area contributed by atoms with E-state index in [4.69, 9.17) is 0 Å². The average molecular weight is 502 g/mol. The average Bonchev–Trinajstić information content (AvgIpc) is 3.18. The molecule has 0 heterocycles. The number of hydrogen-bond donors (Lipinski definition) is 1. The largest absolute Gasteiger partial charge is 0.355 e. The lowest BCUT2D eigenvalue weighted by Crippen LogP contribution is -2.52. The Hall–Kier alpha value is -1.97. The standard InChI is InChI=1S/C33H43NO3/c1-30(2)26-11-16-32-25-10-15-31(29(37)34-18-13-21-5-3-6-22(19-21)20-35)14-4-7-24(31)23(25)8-9-27(32)33(26,32)17-12-28(30)36/h3,5-6,19-20,23-27H,4,7-18H2,1-2H3,(H,34,37). The Labute approximate surface area is 221 Å². The molecule has 2 spiro atoms. The van der Waals surface area contributed by atoms with E-state index in [1.807, 2.05) is 24.3 Å². The van der Waals surface area contributed by atoms with Crippen LogP contribution in [0, 0.1) is 51.2 Å². The van der Waals surface area contributed by atoms with E-state index in [1.54, 1.807) is 0 Å². The van der Waals surface area contributed by atoms with Gasteiger partial charge in [0.25, 0.3) is 0 Å². The van der Waals surface area contributed by atoms with Crippen LogP contribution in [0.1, 0.15) is 100 Å². The van der Waals surface area contributed by atoms with Crippen LogP contribution in [0.2, 0.25) is 0 Å². The van der Waals surface area contributed by atoms with Crippen molar-refractivity contribution in [3.63, 3.8) is 0 Å². The van der Waals surface area contributed by atoms with E-state index in [2.05, 4.69) is 19.2 Å². The van der Waals surface area contributed by atoms with Crippen LogP contribution in [0.25, 0.3) is 0 Å². The molecule has 6 saturated carbocycles. The molecule has 1 N–H and O–H groups in total. The molecule has 198 valence electrons. The Balaban J connectivity index is 1.09. The summed E-state index contributed by atoms with van der Waals surface area (Å²) < 4.78 is 0. The van der Waals surface area contributed by atoms with Gasteiger partial charge in [-0.05, 0) is 116 Å². The first kappa shape index (κ1) is 24.1. The minimum atomic E-state index is -0.169. The Kier molecular flexibility index (Phi) is 5.22. The van der Waals surface area contributed by atoms with Gasteiger partial charge in [-0.25, -0.2) is 0 Å². The van der Waals surface area contributed by atoms with Crippen LogP contribution in [0.5, 0.6) is 0 Å². The fraction of sp³-hybridized carbons (Fsp3) is 0.727. The molecule has 0 saturated heterocycles. The van der Waals surface area contributed by atoms with Crippen LogP contribution >= 0.6 is 0 Å². The van der Waals surface area contributed by atoms with Gasteiger partial charge in [0.05, 0.1) is 5.41 Å².